The maximum Gasteiger partial charge on any atom is 0.255 e. The first-order valence-corrected chi connectivity index (χ1v) is 7.37. The van der Waals surface area contributed by atoms with E-state index in [1.807, 2.05) is 29.2 Å². The molecule has 4 heteroatoms. The Morgan fingerprint density at radius 1 is 1.44 bits per heavy atom. The molecule has 1 aliphatic heterocycles. The number of hydrogen-bond acceptors (Lipinski definition) is 2. The Labute approximate surface area is 122 Å². The largest absolute Gasteiger partial charge is 0.334 e. The molecule has 0 aliphatic carbocycles. The van der Waals surface area contributed by atoms with Gasteiger partial charge in [0, 0.05) is 22.7 Å². The van der Waals surface area contributed by atoms with Crippen molar-refractivity contribution < 1.29 is 4.79 Å². The Morgan fingerprint density at radius 2 is 2.17 bits per heavy atom. The molecule has 1 aliphatic rings. The molecule has 0 aromatic heterocycles. The molecule has 1 heterocycles. The molecule has 1 aromatic rings. The lowest BCUT2D eigenvalue weighted by Gasteiger charge is -2.27. The summed E-state index contributed by atoms with van der Waals surface area (Å²) in [6.07, 6.45) is 2.24. The van der Waals surface area contributed by atoms with Crippen LogP contribution in [0.15, 0.2) is 24.3 Å². The van der Waals surface area contributed by atoms with Gasteiger partial charge in [0.2, 0.25) is 0 Å². The summed E-state index contributed by atoms with van der Waals surface area (Å²) in [5.41, 5.74) is 0.837. The van der Waals surface area contributed by atoms with Crippen LogP contribution < -0.4 is 0 Å². The Hall–Kier alpha value is -0.620. The van der Waals surface area contributed by atoms with E-state index >= 15 is 0 Å². The molecule has 1 atom stereocenters. The number of carbonyl (C=O) groups excluding carboxylic acids is 1. The summed E-state index contributed by atoms with van der Waals surface area (Å²) in [4.78, 5) is 16.8. The maximum atomic E-state index is 12.6. The first-order chi connectivity index (χ1) is 8.59. The van der Waals surface area contributed by atoms with Gasteiger partial charge in [0.25, 0.3) is 5.91 Å². The highest BCUT2D eigenvalue weighted by molar-refractivity contribution is 14.1. The Kier molecular flexibility index (Phi) is 4.61. The third-order valence-electron chi connectivity index (χ3n) is 3.32. The number of likely N-dealkylation sites (N-methyl/N-ethyl adjacent to an activating group) is 1. The smallest absolute Gasteiger partial charge is 0.255 e. The van der Waals surface area contributed by atoms with Crippen molar-refractivity contribution in [2.75, 3.05) is 27.2 Å². The quantitative estimate of drug-likeness (QED) is 0.775. The predicted octanol–water partition coefficient (Wildman–Crippen LogP) is 2.46. The van der Waals surface area contributed by atoms with Crippen molar-refractivity contribution in [3.05, 3.63) is 33.4 Å². The molecule has 1 aromatic carbocycles. The lowest BCUT2D eigenvalue weighted by Crippen LogP contribution is -2.41. The average Bonchev–Trinajstić information content (AvgIpc) is 2.76. The van der Waals surface area contributed by atoms with Crippen molar-refractivity contribution >= 4 is 28.5 Å². The van der Waals surface area contributed by atoms with Gasteiger partial charge in [-0.25, -0.2) is 0 Å². The molecule has 1 fully saturated rings. The van der Waals surface area contributed by atoms with Gasteiger partial charge in [-0.2, -0.15) is 0 Å². The highest BCUT2D eigenvalue weighted by Gasteiger charge is 2.30. The van der Waals surface area contributed by atoms with Gasteiger partial charge in [-0.15, -0.1) is 0 Å². The highest BCUT2D eigenvalue weighted by atomic mass is 127. The van der Waals surface area contributed by atoms with Crippen LogP contribution in [0.4, 0.5) is 0 Å². The number of halogens is 1. The number of likely N-dealkylation sites (tertiary alicyclic amines) is 1. The third-order valence-corrected chi connectivity index (χ3v) is 4.26. The highest BCUT2D eigenvalue weighted by Crippen LogP contribution is 2.22. The summed E-state index contributed by atoms with van der Waals surface area (Å²) in [6, 6.07) is 8.19. The average molecular weight is 358 g/mol. The van der Waals surface area contributed by atoms with Crippen LogP contribution in [0.3, 0.4) is 0 Å². The van der Waals surface area contributed by atoms with Crippen molar-refractivity contribution in [1.29, 1.82) is 0 Å². The second-order valence-electron chi connectivity index (χ2n) is 5.04. The number of hydrogen-bond donors (Lipinski definition) is 0. The molecule has 0 spiro atoms. The Bertz CT molecular complexity index is 434. The van der Waals surface area contributed by atoms with Crippen molar-refractivity contribution in [3.8, 4) is 0 Å². The summed E-state index contributed by atoms with van der Waals surface area (Å²) in [5, 5.41) is 0. The van der Waals surface area contributed by atoms with Crippen LogP contribution >= 0.6 is 22.6 Å². The second-order valence-corrected chi connectivity index (χ2v) is 6.20. The van der Waals surface area contributed by atoms with Crippen LogP contribution in [-0.4, -0.2) is 48.9 Å². The van der Waals surface area contributed by atoms with Crippen LogP contribution in [0.25, 0.3) is 0 Å². The van der Waals surface area contributed by atoms with E-state index in [1.54, 1.807) is 0 Å². The SMILES string of the molecule is CN(C)CC1CCCN1C(=O)c1ccccc1I. The summed E-state index contributed by atoms with van der Waals surface area (Å²) in [5.74, 6) is 0.185. The molecule has 3 nitrogen and oxygen atoms in total. The van der Waals surface area contributed by atoms with E-state index in [-0.39, 0.29) is 5.91 Å². The minimum Gasteiger partial charge on any atom is -0.334 e. The zero-order valence-corrected chi connectivity index (χ0v) is 13.1. The summed E-state index contributed by atoms with van der Waals surface area (Å²) in [7, 11) is 4.13. The summed E-state index contributed by atoms with van der Waals surface area (Å²) < 4.78 is 1.04. The van der Waals surface area contributed by atoms with E-state index in [2.05, 4.69) is 41.6 Å². The second kappa shape index (κ2) is 6.02. The van der Waals surface area contributed by atoms with Crippen molar-refractivity contribution in [2.45, 2.75) is 18.9 Å². The molecule has 1 saturated heterocycles. The van der Waals surface area contributed by atoms with Gasteiger partial charge in [0.15, 0.2) is 0 Å². The molecule has 1 amide bonds. The molecule has 18 heavy (non-hydrogen) atoms. The normalized spacial score (nSPS) is 19.6. The molecule has 0 N–H and O–H groups in total. The molecule has 2 rings (SSSR count). The molecule has 0 saturated carbocycles. The van der Waals surface area contributed by atoms with E-state index in [0.29, 0.717) is 6.04 Å². The molecule has 98 valence electrons. The van der Waals surface area contributed by atoms with Gasteiger partial charge < -0.3 is 9.80 Å². The van der Waals surface area contributed by atoms with E-state index in [4.69, 9.17) is 0 Å². The standard InChI is InChI=1S/C14H19IN2O/c1-16(2)10-11-6-5-9-17(11)14(18)12-7-3-4-8-13(12)15/h3-4,7-8,11H,5-6,9-10H2,1-2H3. The van der Waals surface area contributed by atoms with Gasteiger partial charge in [0.05, 0.1) is 5.56 Å². The minimum absolute atomic E-state index is 0.185. The van der Waals surface area contributed by atoms with Gasteiger partial charge in [-0.1, -0.05) is 12.1 Å². The zero-order valence-electron chi connectivity index (χ0n) is 10.9. The monoisotopic (exact) mass is 358 g/mol. The van der Waals surface area contributed by atoms with E-state index in [9.17, 15) is 4.79 Å². The predicted molar refractivity (Wildman–Crippen MR) is 81.8 cm³/mol. The number of nitrogens with zero attached hydrogens (tertiary/aromatic N) is 2. The lowest BCUT2D eigenvalue weighted by molar-refractivity contribution is 0.0715. The van der Waals surface area contributed by atoms with Crippen LogP contribution in [0.1, 0.15) is 23.2 Å². The van der Waals surface area contributed by atoms with Gasteiger partial charge in [-0.3, -0.25) is 4.79 Å². The van der Waals surface area contributed by atoms with E-state index < -0.39 is 0 Å². The van der Waals surface area contributed by atoms with Crippen LogP contribution in [0.2, 0.25) is 0 Å². The van der Waals surface area contributed by atoms with Gasteiger partial charge in [-0.05, 0) is 61.7 Å². The van der Waals surface area contributed by atoms with Gasteiger partial charge >= 0.3 is 0 Å². The van der Waals surface area contributed by atoms with Crippen molar-refractivity contribution in [1.82, 2.24) is 9.80 Å². The third kappa shape index (κ3) is 3.03. The molecular formula is C14H19IN2O. The molecule has 1 unspecified atom stereocenters. The lowest BCUT2D eigenvalue weighted by atomic mass is 10.1. The summed E-state index contributed by atoms with van der Waals surface area (Å²) >= 11 is 2.24. The summed E-state index contributed by atoms with van der Waals surface area (Å²) in [6.45, 7) is 1.84. The molecule has 0 bridgehead atoms. The fourth-order valence-corrected chi connectivity index (χ4v) is 3.12. The number of amides is 1. The minimum atomic E-state index is 0.185. The first-order valence-electron chi connectivity index (χ1n) is 6.30. The number of benzene rings is 1. The Balaban J connectivity index is 2.15. The van der Waals surface area contributed by atoms with E-state index in [1.165, 1.54) is 0 Å². The molecular weight excluding hydrogens is 339 g/mol. The zero-order chi connectivity index (χ0) is 13.1. The first kappa shape index (κ1) is 13.8. The topological polar surface area (TPSA) is 23.6 Å². The van der Waals surface area contributed by atoms with Crippen molar-refractivity contribution in [3.63, 3.8) is 0 Å². The maximum absolute atomic E-state index is 12.6. The van der Waals surface area contributed by atoms with Gasteiger partial charge in [0.1, 0.15) is 0 Å². The Morgan fingerprint density at radius 3 is 2.83 bits per heavy atom. The molecule has 0 radical (unpaired) electrons. The van der Waals surface area contributed by atoms with Crippen LogP contribution in [-0.2, 0) is 0 Å². The number of rotatable bonds is 3. The number of carbonyl (C=O) groups is 1. The van der Waals surface area contributed by atoms with Crippen LogP contribution in [0, 0.1) is 3.57 Å². The van der Waals surface area contributed by atoms with E-state index in [0.717, 1.165) is 35.1 Å². The van der Waals surface area contributed by atoms with Crippen molar-refractivity contribution in [2.24, 2.45) is 0 Å². The van der Waals surface area contributed by atoms with Crippen LogP contribution in [0.5, 0.6) is 0 Å². The fourth-order valence-electron chi connectivity index (χ4n) is 2.50. The fraction of sp³-hybridized carbons (Fsp3) is 0.500.